The molecule has 0 spiro atoms. The van der Waals surface area contributed by atoms with Gasteiger partial charge in [-0.1, -0.05) is 11.6 Å². The van der Waals surface area contributed by atoms with E-state index in [4.69, 9.17) is 11.6 Å². The van der Waals surface area contributed by atoms with Crippen molar-refractivity contribution in [1.82, 2.24) is 4.72 Å². The quantitative estimate of drug-likeness (QED) is 0.881. The van der Waals surface area contributed by atoms with E-state index in [-0.39, 0.29) is 5.02 Å². The molecule has 0 heterocycles. The van der Waals surface area contributed by atoms with E-state index in [9.17, 15) is 26.7 Å². The monoisotopic (exact) mass is 345 g/mol. The fourth-order valence-corrected chi connectivity index (χ4v) is 3.30. The second kappa shape index (κ2) is 5.75. The summed E-state index contributed by atoms with van der Waals surface area (Å²) in [6, 6.07) is 2.39. The minimum atomic E-state index is -4.87. The average molecular weight is 346 g/mol. The van der Waals surface area contributed by atoms with Gasteiger partial charge in [0.2, 0.25) is 10.0 Å². The molecule has 1 aromatic rings. The molecule has 0 amide bonds. The Morgan fingerprint density at radius 1 is 1.29 bits per heavy atom. The fourth-order valence-electron chi connectivity index (χ4n) is 1.44. The Labute approximate surface area is 126 Å². The van der Waals surface area contributed by atoms with Crippen molar-refractivity contribution in [2.24, 2.45) is 0 Å². The lowest BCUT2D eigenvalue weighted by molar-refractivity contribution is -0.139. The van der Waals surface area contributed by atoms with Crippen molar-refractivity contribution in [1.29, 1.82) is 0 Å². The van der Waals surface area contributed by atoms with Gasteiger partial charge in [0.05, 0.1) is 22.1 Å². The molecule has 0 fully saturated rings. The Hall–Kier alpha value is -0.830. The van der Waals surface area contributed by atoms with Crippen LogP contribution in [0.5, 0.6) is 0 Å². The molecule has 1 unspecified atom stereocenters. The van der Waals surface area contributed by atoms with E-state index in [0.717, 1.165) is 12.1 Å². The van der Waals surface area contributed by atoms with Gasteiger partial charge in [0.15, 0.2) is 0 Å². The van der Waals surface area contributed by atoms with Crippen molar-refractivity contribution >= 4 is 21.6 Å². The van der Waals surface area contributed by atoms with Crippen LogP contribution in [0.15, 0.2) is 23.1 Å². The molecular weight excluding hydrogens is 331 g/mol. The van der Waals surface area contributed by atoms with E-state index >= 15 is 0 Å². The highest BCUT2D eigenvalue weighted by Crippen LogP contribution is 2.36. The first-order valence-electron chi connectivity index (χ1n) is 5.86. The van der Waals surface area contributed by atoms with Gasteiger partial charge in [-0.25, -0.2) is 13.1 Å². The highest BCUT2D eigenvalue weighted by atomic mass is 35.5. The normalized spacial score (nSPS) is 15.0. The molecule has 2 N–H and O–H groups in total. The minimum Gasteiger partial charge on any atom is -0.391 e. The zero-order chi connectivity index (χ0) is 16.6. The molecule has 0 aliphatic rings. The van der Waals surface area contributed by atoms with Crippen molar-refractivity contribution in [3.05, 3.63) is 28.8 Å². The molecule has 120 valence electrons. The Morgan fingerprint density at radius 2 is 1.81 bits per heavy atom. The molecule has 1 atom stereocenters. The Morgan fingerprint density at radius 3 is 2.24 bits per heavy atom. The number of aliphatic hydroxyl groups is 1. The van der Waals surface area contributed by atoms with Gasteiger partial charge >= 0.3 is 6.18 Å². The van der Waals surface area contributed by atoms with Crippen LogP contribution in [0.25, 0.3) is 0 Å². The van der Waals surface area contributed by atoms with Crippen LogP contribution >= 0.6 is 11.6 Å². The van der Waals surface area contributed by atoms with Gasteiger partial charge in [0.1, 0.15) is 0 Å². The molecule has 0 aromatic heterocycles. The molecule has 1 aromatic carbocycles. The summed E-state index contributed by atoms with van der Waals surface area (Å²) >= 11 is 5.50. The highest BCUT2D eigenvalue weighted by Gasteiger charge is 2.39. The van der Waals surface area contributed by atoms with Crippen LogP contribution in [0.1, 0.15) is 26.3 Å². The summed E-state index contributed by atoms with van der Waals surface area (Å²) in [7, 11) is -4.48. The van der Waals surface area contributed by atoms with Crippen LogP contribution in [-0.4, -0.2) is 25.2 Å². The summed E-state index contributed by atoms with van der Waals surface area (Å²) < 4.78 is 65.2. The number of rotatable bonds is 4. The van der Waals surface area contributed by atoms with Crippen molar-refractivity contribution < 1.29 is 26.7 Å². The SMILES string of the molecule is CC(O)C(C)(C)NS(=O)(=O)c1ccc(Cl)cc1C(F)(F)F. The van der Waals surface area contributed by atoms with Crippen LogP contribution in [0.3, 0.4) is 0 Å². The molecule has 0 saturated heterocycles. The lowest BCUT2D eigenvalue weighted by Gasteiger charge is -2.29. The largest absolute Gasteiger partial charge is 0.417 e. The maximum Gasteiger partial charge on any atom is 0.417 e. The zero-order valence-electron chi connectivity index (χ0n) is 11.5. The van der Waals surface area contributed by atoms with Crippen molar-refractivity contribution in [3.8, 4) is 0 Å². The van der Waals surface area contributed by atoms with Crippen LogP contribution < -0.4 is 4.72 Å². The lowest BCUT2D eigenvalue weighted by Crippen LogP contribution is -2.51. The van der Waals surface area contributed by atoms with Gasteiger partial charge in [0, 0.05) is 5.02 Å². The van der Waals surface area contributed by atoms with Crippen LogP contribution in [0.4, 0.5) is 13.2 Å². The number of hydrogen-bond donors (Lipinski definition) is 2. The van der Waals surface area contributed by atoms with Crippen LogP contribution in [0.2, 0.25) is 5.02 Å². The number of nitrogens with one attached hydrogen (secondary N) is 1. The standard InChI is InChI=1S/C12H15ClF3NO3S/c1-7(18)11(2,3)17-21(19,20)10-5-4-8(13)6-9(10)12(14,15)16/h4-7,17-18H,1-3H3. The first-order valence-corrected chi connectivity index (χ1v) is 7.72. The third-order valence-electron chi connectivity index (χ3n) is 2.98. The van der Waals surface area contributed by atoms with Gasteiger partial charge in [0.25, 0.3) is 0 Å². The molecule has 0 aliphatic heterocycles. The molecule has 9 heteroatoms. The van der Waals surface area contributed by atoms with Crippen LogP contribution in [0, 0.1) is 0 Å². The van der Waals surface area contributed by atoms with E-state index in [1.807, 2.05) is 0 Å². The molecule has 0 radical (unpaired) electrons. The second-order valence-electron chi connectivity index (χ2n) is 5.14. The third-order valence-corrected chi connectivity index (χ3v) is 4.94. The summed E-state index contributed by atoms with van der Waals surface area (Å²) in [5.41, 5.74) is -2.69. The third kappa shape index (κ3) is 4.32. The zero-order valence-corrected chi connectivity index (χ0v) is 13.1. The molecule has 0 bridgehead atoms. The molecular formula is C12H15ClF3NO3S. The summed E-state index contributed by atoms with van der Waals surface area (Å²) in [6.45, 7) is 4.05. The highest BCUT2D eigenvalue weighted by molar-refractivity contribution is 7.89. The van der Waals surface area contributed by atoms with E-state index in [0.29, 0.717) is 6.07 Å². The second-order valence-corrected chi connectivity index (χ2v) is 7.23. The van der Waals surface area contributed by atoms with Gasteiger partial charge in [-0.05, 0) is 39.0 Å². The Kier molecular flexibility index (Phi) is 4.99. The summed E-state index contributed by atoms with van der Waals surface area (Å²) in [6.07, 6.45) is -5.97. The smallest absolute Gasteiger partial charge is 0.391 e. The maximum absolute atomic E-state index is 12.9. The Bertz CT molecular complexity index is 627. The van der Waals surface area contributed by atoms with E-state index in [1.165, 1.54) is 20.8 Å². The van der Waals surface area contributed by atoms with Crippen LogP contribution in [-0.2, 0) is 16.2 Å². The number of hydrogen-bond acceptors (Lipinski definition) is 3. The number of alkyl halides is 3. The van der Waals surface area contributed by atoms with E-state index in [2.05, 4.69) is 4.72 Å². The molecule has 21 heavy (non-hydrogen) atoms. The van der Waals surface area contributed by atoms with Crippen molar-refractivity contribution in [2.45, 2.75) is 43.5 Å². The average Bonchev–Trinajstić information content (AvgIpc) is 2.25. The fraction of sp³-hybridized carbons (Fsp3) is 0.500. The minimum absolute atomic E-state index is 0.226. The number of sulfonamides is 1. The number of benzene rings is 1. The van der Waals surface area contributed by atoms with Crippen molar-refractivity contribution in [2.75, 3.05) is 0 Å². The summed E-state index contributed by atoms with van der Waals surface area (Å²) in [4.78, 5) is -0.937. The predicted octanol–water partition coefficient (Wildman–Crippen LogP) is 2.80. The molecule has 0 saturated carbocycles. The topological polar surface area (TPSA) is 66.4 Å². The first kappa shape index (κ1) is 18.2. The Balaban J connectivity index is 3.40. The van der Waals surface area contributed by atoms with Gasteiger partial charge < -0.3 is 5.11 Å². The van der Waals surface area contributed by atoms with Gasteiger partial charge in [-0.3, -0.25) is 0 Å². The lowest BCUT2D eigenvalue weighted by atomic mass is 10.0. The number of halogens is 4. The van der Waals surface area contributed by atoms with Gasteiger partial charge in [-0.2, -0.15) is 13.2 Å². The van der Waals surface area contributed by atoms with Gasteiger partial charge in [-0.15, -0.1) is 0 Å². The summed E-state index contributed by atoms with van der Waals surface area (Å²) in [5, 5.41) is 9.27. The predicted molar refractivity (Wildman–Crippen MR) is 72.5 cm³/mol. The number of aliphatic hydroxyl groups excluding tert-OH is 1. The van der Waals surface area contributed by atoms with E-state index < -0.39 is 38.3 Å². The van der Waals surface area contributed by atoms with E-state index in [1.54, 1.807) is 0 Å². The summed E-state index contributed by atoms with van der Waals surface area (Å²) in [5.74, 6) is 0. The molecule has 4 nitrogen and oxygen atoms in total. The molecule has 0 aliphatic carbocycles. The molecule has 1 rings (SSSR count). The van der Waals surface area contributed by atoms with Crippen molar-refractivity contribution in [3.63, 3.8) is 0 Å². The maximum atomic E-state index is 12.9. The first-order chi connectivity index (χ1) is 9.27.